The van der Waals surface area contributed by atoms with E-state index in [0.29, 0.717) is 18.3 Å². The summed E-state index contributed by atoms with van der Waals surface area (Å²) in [5.74, 6) is 0.201. The van der Waals surface area contributed by atoms with Gasteiger partial charge in [0.1, 0.15) is 5.75 Å². The quantitative estimate of drug-likeness (QED) is 0.847. The van der Waals surface area contributed by atoms with E-state index in [2.05, 4.69) is 4.98 Å². The highest BCUT2D eigenvalue weighted by Gasteiger charge is 2.15. The molecule has 2 rings (SSSR count). The lowest BCUT2D eigenvalue weighted by atomic mass is 10.1. The Morgan fingerprint density at radius 3 is 2.94 bits per heavy atom. The molecule has 0 bridgehead atoms. The van der Waals surface area contributed by atoms with Gasteiger partial charge in [0.15, 0.2) is 5.69 Å². The smallest absolute Gasteiger partial charge is 0.354 e. The fourth-order valence-corrected chi connectivity index (χ4v) is 2.01. The zero-order valence-corrected chi connectivity index (χ0v) is 9.06. The Bertz CT molecular complexity index is 372. The van der Waals surface area contributed by atoms with Crippen molar-refractivity contribution >= 4 is 5.97 Å². The largest absolute Gasteiger partial charge is 0.493 e. The number of rotatable bonds is 4. The van der Waals surface area contributed by atoms with Crippen LogP contribution in [0.2, 0.25) is 0 Å². The number of hydrogen-bond donors (Lipinski definition) is 1. The zero-order valence-electron chi connectivity index (χ0n) is 9.06. The highest BCUT2D eigenvalue weighted by Crippen LogP contribution is 2.25. The number of ether oxygens (including phenoxy) is 1. The maximum absolute atomic E-state index is 10.7. The van der Waals surface area contributed by atoms with Gasteiger partial charge in [-0.25, -0.2) is 9.78 Å². The summed E-state index contributed by atoms with van der Waals surface area (Å²) in [5, 5.41) is 8.77. The normalized spacial score (nSPS) is 16.2. The highest BCUT2D eigenvalue weighted by atomic mass is 16.5. The van der Waals surface area contributed by atoms with Crippen LogP contribution in [-0.2, 0) is 0 Å². The molecule has 0 radical (unpaired) electrons. The Kier molecular flexibility index (Phi) is 3.39. The summed E-state index contributed by atoms with van der Waals surface area (Å²) < 4.78 is 5.58. The highest BCUT2D eigenvalue weighted by molar-refractivity contribution is 5.85. The number of hydrogen-bond acceptors (Lipinski definition) is 3. The average Bonchev–Trinajstić information content (AvgIpc) is 2.79. The summed E-state index contributed by atoms with van der Waals surface area (Å²) in [7, 11) is 0. The second-order valence-corrected chi connectivity index (χ2v) is 4.14. The number of carboxylic acids is 1. The van der Waals surface area contributed by atoms with E-state index in [0.717, 1.165) is 0 Å². The van der Waals surface area contributed by atoms with Gasteiger partial charge in [-0.15, -0.1) is 0 Å². The maximum atomic E-state index is 10.7. The van der Waals surface area contributed by atoms with Crippen molar-refractivity contribution in [2.75, 3.05) is 6.61 Å². The van der Waals surface area contributed by atoms with Gasteiger partial charge < -0.3 is 9.84 Å². The van der Waals surface area contributed by atoms with Gasteiger partial charge in [-0.2, -0.15) is 0 Å². The number of nitrogens with zero attached hydrogens (tertiary/aromatic N) is 1. The minimum Gasteiger partial charge on any atom is -0.493 e. The summed E-state index contributed by atoms with van der Waals surface area (Å²) in [4.78, 5) is 14.4. The van der Waals surface area contributed by atoms with E-state index in [1.54, 1.807) is 6.07 Å². The zero-order chi connectivity index (χ0) is 11.4. The van der Waals surface area contributed by atoms with Crippen molar-refractivity contribution in [3.63, 3.8) is 0 Å². The van der Waals surface area contributed by atoms with Gasteiger partial charge in [0.05, 0.1) is 6.61 Å². The lowest BCUT2D eigenvalue weighted by molar-refractivity contribution is 0.0690. The van der Waals surface area contributed by atoms with Gasteiger partial charge in [0.25, 0.3) is 0 Å². The van der Waals surface area contributed by atoms with Crippen molar-refractivity contribution in [2.45, 2.75) is 25.7 Å². The summed E-state index contributed by atoms with van der Waals surface area (Å²) in [6, 6.07) is 3.17. The fourth-order valence-electron chi connectivity index (χ4n) is 2.01. The van der Waals surface area contributed by atoms with Crippen LogP contribution in [0.1, 0.15) is 36.2 Å². The second-order valence-electron chi connectivity index (χ2n) is 4.14. The molecule has 1 aromatic rings. The molecule has 1 saturated carbocycles. The van der Waals surface area contributed by atoms with E-state index in [-0.39, 0.29) is 5.69 Å². The van der Waals surface area contributed by atoms with Crippen molar-refractivity contribution in [3.8, 4) is 5.75 Å². The molecule has 1 N–H and O–H groups in total. The summed E-state index contributed by atoms with van der Waals surface area (Å²) >= 11 is 0. The van der Waals surface area contributed by atoms with E-state index < -0.39 is 5.97 Å². The number of carboxylic acid groups (broad SMARTS) is 1. The predicted octanol–water partition coefficient (Wildman–Crippen LogP) is 2.35. The standard InChI is InChI=1S/C12H15NO3/c14-12(15)11-7-10(5-6-13-11)16-8-9-3-1-2-4-9/h5-7,9H,1-4,8H2,(H,14,15). The van der Waals surface area contributed by atoms with E-state index in [4.69, 9.17) is 9.84 Å². The van der Waals surface area contributed by atoms with Crippen LogP contribution in [0.4, 0.5) is 0 Å². The van der Waals surface area contributed by atoms with Gasteiger partial charge in [0.2, 0.25) is 0 Å². The van der Waals surface area contributed by atoms with Gasteiger partial charge in [0, 0.05) is 12.3 Å². The lowest BCUT2D eigenvalue weighted by Crippen LogP contribution is -2.09. The molecule has 0 saturated heterocycles. The predicted molar refractivity (Wildman–Crippen MR) is 58.6 cm³/mol. The van der Waals surface area contributed by atoms with Crippen molar-refractivity contribution in [2.24, 2.45) is 5.92 Å². The second kappa shape index (κ2) is 4.96. The van der Waals surface area contributed by atoms with E-state index >= 15 is 0 Å². The van der Waals surface area contributed by atoms with Gasteiger partial charge in [-0.05, 0) is 24.8 Å². The summed E-state index contributed by atoms with van der Waals surface area (Å²) in [5.41, 5.74) is 0.0314. The third-order valence-electron chi connectivity index (χ3n) is 2.91. The summed E-state index contributed by atoms with van der Waals surface area (Å²) in [6.07, 6.45) is 6.47. The van der Waals surface area contributed by atoms with Crippen LogP contribution >= 0.6 is 0 Å². The molecule has 1 aliphatic carbocycles. The Hall–Kier alpha value is -1.58. The SMILES string of the molecule is O=C(O)c1cc(OCC2CCCC2)ccn1. The molecule has 4 nitrogen and oxygen atoms in total. The van der Waals surface area contributed by atoms with Crippen molar-refractivity contribution in [1.29, 1.82) is 0 Å². The molecule has 1 fully saturated rings. The number of aromatic carboxylic acids is 1. The first-order chi connectivity index (χ1) is 7.75. The molecular weight excluding hydrogens is 206 g/mol. The summed E-state index contributed by atoms with van der Waals surface area (Å²) in [6.45, 7) is 0.684. The van der Waals surface area contributed by atoms with Crippen molar-refractivity contribution in [3.05, 3.63) is 24.0 Å². The number of carbonyl (C=O) groups is 1. The van der Waals surface area contributed by atoms with Crippen LogP contribution in [0.15, 0.2) is 18.3 Å². The first kappa shape index (κ1) is 10.9. The molecule has 16 heavy (non-hydrogen) atoms. The molecule has 1 aliphatic rings. The Balaban J connectivity index is 1.93. The monoisotopic (exact) mass is 221 g/mol. The molecular formula is C12H15NO3. The number of pyridine rings is 1. The van der Waals surface area contributed by atoms with Crippen LogP contribution in [0.25, 0.3) is 0 Å². The Labute approximate surface area is 94.3 Å². The lowest BCUT2D eigenvalue weighted by Gasteiger charge is -2.11. The van der Waals surface area contributed by atoms with Crippen molar-refractivity contribution < 1.29 is 14.6 Å². The first-order valence-electron chi connectivity index (χ1n) is 5.58. The van der Waals surface area contributed by atoms with Gasteiger partial charge >= 0.3 is 5.97 Å². The van der Waals surface area contributed by atoms with Crippen LogP contribution in [0.5, 0.6) is 5.75 Å². The third kappa shape index (κ3) is 2.72. The van der Waals surface area contributed by atoms with Crippen LogP contribution in [0.3, 0.4) is 0 Å². The molecule has 0 unspecified atom stereocenters. The van der Waals surface area contributed by atoms with E-state index in [1.165, 1.54) is 37.9 Å². The van der Waals surface area contributed by atoms with Crippen LogP contribution < -0.4 is 4.74 Å². The molecule has 0 aliphatic heterocycles. The van der Waals surface area contributed by atoms with E-state index in [1.807, 2.05) is 0 Å². The molecule has 0 aromatic carbocycles. The van der Waals surface area contributed by atoms with Crippen LogP contribution in [-0.4, -0.2) is 22.7 Å². The molecule has 1 aromatic heterocycles. The fraction of sp³-hybridized carbons (Fsp3) is 0.500. The topological polar surface area (TPSA) is 59.4 Å². The average molecular weight is 221 g/mol. The minimum absolute atomic E-state index is 0.0314. The first-order valence-corrected chi connectivity index (χ1v) is 5.58. The molecule has 0 atom stereocenters. The number of aromatic nitrogens is 1. The molecule has 86 valence electrons. The maximum Gasteiger partial charge on any atom is 0.354 e. The van der Waals surface area contributed by atoms with Gasteiger partial charge in [-0.1, -0.05) is 12.8 Å². The molecule has 0 spiro atoms. The van der Waals surface area contributed by atoms with Crippen LogP contribution in [0, 0.1) is 5.92 Å². The Morgan fingerprint density at radius 2 is 2.25 bits per heavy atom. The van der Waals surface area contributed by atoms with Gasteiger partial charge in [-0.3, -0.25) is 0 Å². The molecule has 1 heterocycles. The van der Waals surface area contributed by atoms with Crippen molar-refractivity contribution in [1.82, 2.24) is 4.98 Å². The molecule has 4 heteroatoms. The third-order valence-corrected chi connectivity index (χ3v) is 2.91. The minimum atomic E-state index is -1.02. The Morgan fingerprint density at radius 1 is 1.50 bits per heavy atom. The van der Waals surface area contributed by atoms with E-state index in [9.17, 15) is 4.79 Å². The molecule has 0 amide bonds.